The van der Waals surface area contributed by atoms with Crippen molar-refractivity contribution in [1.29, 1.82) is 0 Å². The van der Waals surface area contributed by atoms with Gasteiger partial charge < -0.3 is 11.1 Å². The summed E-state index contributed by atoms with van der Waals surface area (Å²) < 4.78 is 0. The minimum absolute atomic E-state index is 0.169. The van der Waals surface area contributed by atoms with Crippen LogP contribution in [-0.4, -0.2) is 5.91 Å². The van der Waals surface area contributed by atoms with Crippen LogP contribution in [0.25, 0.3) is 0 Å². The van der Waals surface area contributed by atoms with Crippen molar-refractivity contribution in [2.24, 2.45) is 0 Å². The van der Waals surface area contributed by atoms with Crippen LogP contribution < -0.4 is 11.1 Å². The molecule has 0 heterocycles. The second-order valence-electron chi connectivity index (χ2n) is 5.32. The molecule has 2 rings (SSSR count). The molecule has 2 aromatic carbocycles. The summed E-state index contributed by atoms with van der Waals surface area (Å²) in [4.78, 5) is 12.3. The van der Waals surface area contributed by atoms with Crippen LogP contribution in [0.3, 0.4) is 0 Å². The molecule has 0 radical (unpaired) electrons. The van der Waals surface area contributed by atoms with Gasteiger partial charge in [0.2, 0.25) is 0 Å². The van der Waals surface area contributed by atoms with Crippen LogP contribution in [0.5, 0.6) is 0 Å². The summed E-state index contributed by atoms with van der Waals surface area (Å²) in [6.07, 6.45) is 0. The summed E-state index contributed by atoms with van der Waals surface area (Å²) >= 11 is 0. The van der Waals surface area contributed by atoms with E-state index in [2.05, 4.69) is 17.4 Å². The van der Waals surface area contributed by atoms with Crippen LogP contribution in [0, 0.1) is 27.7 Å². The van der Waals surface area contributed by atoms with E-state index in [1.165, 1.54) is 5.56 Å². The number of amides is 1. The Morgan fingerprint density at radius 3 is 2.10 bits per heavy atom. The maximum atomic E-state index is 12.3. The molecular formula is C17H20N2O. The van der Waals surface area contributed by atoms with Gasteiger partial charge in [0.25, 0.3) is 5.91 Å². The van der Waals surface area contributed by atoms with Gasteiger partial charge in [0, 0.05) is 11.4 Å². The Morgan fingerprint density at radius 2 is 1.55 bits per heavy atom. The van der Waals surface area contributed by atoms with Crippen molar-refractivity contribution in [3.63, 3.8) is 0 Å². The van der Waals surface area contributed by atoms with E-state index in [4.69, 9.17) is 5.73 Å². The molecule has 0 fully saturated rings. The number of hydrogen-bond donors (Lipinski definition) is 2. The van der Waals surface area contributed by atoms with E-state index in [9.17, 15) is 4.79 Å². The molecule has 0 saturated carbocycles. The highest BCUT2D eigenvalue weighted by molar-refractivity contribution is 6.08. The molecule has 20 heavy (non-hydrogen) atoms. The second kappa shape index (κ2) is 5.37. The number of nitrogen functional groups attached to an aromatic ring is 1. The first-order valence-corrected chi connectivity index (χ1v) is 6.64. The molecule has 0 spiro atoms. The topological polar surface area (TPSA) is 55.1 Å². The first-order valence-electron chi connectivity index (χ1n) is 6.64. The van der Waals surface area contributed by atoms with Crippen LogP contribution in [-0.2, 0) is 0 Å². The van der Waals surface area contributed by atoms with E-state index < -0.39 is 0 Å². The monoisotopic (exact) mass is 268 g/mol. The van der Waals surface area contributed by atoms with E-state index in [1.54, 1.807) is 6.07 Å². The Kier molecular flexibility index (Phi) is 3.79. The van der Waals surface area contributed by atoms with Crippen LogP contribution in [0.15, 0.2) is 30.3 Å². The number of carbonyl (C=O) groups is 1. The molecule has 1 amide bonds. The van der Waals surface area contributed by atoms with E-state index in [1.807, 2.05) is 39.8 Å². The van der Waals surface area contributed by atoms with Gasteiger partial charge in [0.05, 0.1) is 5.56 Å². The number of carbonyl (C=O) groups excluding carboxylic acids is 1. The normalized spacial score (nSPS) is 10.4. The summed E-state index contributed by atoms with van der Waals surface area (Å²) in [5.74, 6) is -0.169. The van der Waals surface area contributed by atoms with Gasteiger partial charge in [-0.2, -0.15) is 0 Å². The molecule has 0 saturated heterocycles. The smallest absolute Gasteiger partial charge is 0.257 e. The van der Waals surface area contributed by atoms with Crippen LogP contribution in [0.2, 0.25) is 0 Å². The molecule has 3 heteroatoms. The van der Waals surface area contributed by atoms with Gasteiger partial charge in [0.1, 0.15) is 0 Å². The predicted octanol–water partition coefficient (Wildman–Crippen LogP) is 3.75. The first kappa shape index (κ1) is 14.1. The van der Waals surface area contributed by atoms with Crippen LogP contribution >= 0.6 is 0 Å². The maximum absolute atomic E-state index is 12.3. The third-order valence-corrected chi connectivity index (χ3v) is 3.37. The van der Waals surface area contributed by atoms with Crippen LogP contribution in [0.4, 0.5) is 11.4 Å². The molecule has 0 aromatic heterocycles. The highest BCUT2D eigenvalue weighted by Gasteiger charge is 2.12. The lowest BCUT2D eigenvalue weighted by Gasteiger charge is -2.14. The number of nitrogens with one attached hydrogen (secondary N) is 1. The lowest BCUT2D eigenvalue weighted by Crippen LogP contribution is -2.15. The maximum Gasteiger partial charge on any atom is 0.257 e. The molecule has 2 aromatic rings. The Labute approximate surface area is 119 Å². The molecular weight excluding hydrogens is 248 g/mol. The SMILES string of the molecule is Cc1cc(C)c(NC(=O)c2ccc(C)cc2N)c(C)c1. The van der Waals surface area contributed by atoms with Gasteiger partial charge in [-0.1, -0.05) is 23.8 Å². The summed E-state index contributed by atoms with van der Waals surface area (Å²) in [6.45, 7) is 7.98. The zero-order valence-electron chi connectivity index (χ0n) is 12.4. The molecule has 0 aliphatic rings. The molecule has 104 valence electrons. The minimum Gasteiger partial charge on any atom is -0.398 e. The number of anilines is 2. The van der Waals surface area contributed by atoms with Crippen molar-refractivity contribution in [2.75, 3.05) is 11.1 Å². The fourth-order valence-electron chi connectivity index (χ4n) is 2.45. The van der Waals surface area contributed by atoms with E-state index >= 15 is 0 Å². The lowest BCUT2D eigenvalue weighted by molar-refractivity contribution is 0.102. The van der Waals surface area contributed by atoms with Crippen LogP contribution in [0.1, 0.15) is 32.6 Å². The minimum atomic E-state index is -0.169. The molecule has 0 aliphatic carbocycles. The van der Waals surface area contributed by atoms with Gasteiger partial charge in [0.15, 0.2) is 0 Å². The van der Waals surface area contributed by atoms with Crippen molar-refractivity contribution in [3.05, 3.63) is 58.1 Å². The molecule has 3 nitrogen and oxygen atoms in total. The Morgan fingerprint density at radius 1 is 0.950 bits per heavy atom. The molecule has 0 atom stereocenters. The Balaban J connectivity index is 2.33. The Bertz CT molecular complexity index is 652. The predicted molar refractivity (Wildman–Crippen MR) is 84.2 cm³/mol. The zero-order valence-corrected chi connectivity index (χ0v) is 12.4. The van der Waals surface area contributed by atoms with Gasteiger partial charge in [-0.05, 0) is 56.5 Å². The average molecular weight is 268 g/mol. The number of rotatable bonds is 2. The fourth-order valence-corrected chi connectivity index (χ4v) is 2.45. The van der Waals surface area contributed by atoms with E-state index in [0.29, 0.717) is 11.3 Å². The van der Waals surface area contributed by atoms with Crippen molar-refractivity contribution in [3.8, 4) is 0 Å². The molecule has 0 bridgehead atoms. The standard InChI is InChI=1S/C17H20N2O/c1-10-5-6-14(15(18)9-10)17(20)19-16-12(3)7-11(2)8-13(16)4/h5-9H,18H2,1-4H3,(H,19,20). The first-order chi connectivity index (χ1) is 9.38. The largest absolute Gasteiger partial charge is 0.398 e. The lowest BCUT2D eigenvalue weighted by atomic mass is 10.0. The van der Waals surface area contributed by atoms with Crippen molar-refractivity contribution in [1.82, 2.24) is 0 Å². The summed E-state index contributed by atoms with van der Waals surface area (Å²) in [6, 6.07) is 9.57. The second-order valence-corrected chi connectivity index (χ2v) is 5.32. The quantitative estimate of drug-likeness (QED) is 0.815. The third kappa shape index (κ3) is 2.82. The molecule has 3 N–H and O–H groups in total. The van der Waals surface area contributed by atoms with Gasteiger partial charge >= 0.3 is 0 Å². The average Bonchev–Trinajstić information content (AvgIpc) is 2.33. The van der Waals surface area contributed by atoms with Crippen molar-refractivity contribution in [2.45, 2.75) is 27.7 Å². The molecule has 0 unspecified atom stereocenters. The van der Waals surface area contributed by atoms with Gasteiger partial charge in [-0.15, -0.1) is 0 Å². The summed E-state index contributed by atoms with van der Waals surface area (Å²) in [5.41, 5.74) is 12.1. The number of benzene rings is 2. The molecule has 0 aliphatic heterocycles. The van der Waals surface area contributed by atoms with E-state index in [0.717, 1.165) is 22.4 Å². The van der Waals surface area contributed by atoms with Crippen molar-refractivity contribution < 1.29 is 4.79 Å². The number of nitrogens with two attached hydrogens (primary N) is 1. The van der Waals surface area contributed by atoms with Crippen molar-refractivity contribution >= 4 is 17.3 Å². The fraction of sp³-hybridized carbons (Fsp3) is 0.235. The van der Waals surface area contributed by atoms with E-state index in [-0.39, 0.29) is 5.91 Å². The third-order valence-electron chi connectivity index (χ3n) is 3.37. The zero-order chi connectivity index (χ0) is 14.9. The summed E-state index contributed by atoms with van der Waals surface area (Å²) in [7, 11) is 0. The Hall–Kier alpha value is -2.29. The van der Waals surface area contributed by atoms with Gasteiger partial charge in [-0.3, -0.25) is 4.79 Å². The highest BCUT2D eigenvalue weighted by atomic mass is 16.1. The highest BCUT2D eigenvalue weighted by Crippen LogP contribution is 2.23. The number of hydrogen-bond acceptors (Lipinski definition) is 2. The number of aryl methyl sites for hydroxylation is 4. The summed E-state index contributed by atoms with van der Waals surface area (Å²) in [5, 5.41) is 2.96. The van der Waals surface area contributed by atoms with Gasteiger partial charge in [-0.25, -0.2) is 0 Å².